The van der Waals surface area contributed by atoms with E-state index in [1.807, 2.05) is 16.8 Å². The Morgan fingerprint density at radius 1 is 1.50 bits per heavy atom. The second kappa shape index (κ2) is 4.33. The van der Waals surface area contributed by atoms with Gasteiger partial charge in [0.15, 0.2) is 5.78 Å². The number of rotatable bonds is 2. The summed E-state index contributed by atoms with van der Waals surface area (Å²) in [5.41, 5.74) is 0.740. The van der Waals surface area contributed by atoms with Crippen LogP contribution in [0.5, 0.6) is 0 Å². The van der Waals surface area contributed by atoms with Crippen molar-refractivity contribution in [2.75, 3.05) is 0 Å². The lowest BCUT2D eigenvalue weighted by atomic mass is 10.2. The molecule has 0 aliphatic carbocycles. The zero-order chi connectivity index (χ0) is 12.7. The quantitative estimate of drug-likeness (QED) is 0.782. The number of ether oxygens (including phenoxy) is 1. The Kier molecular flexibility index (Phi) is 2.80. The van der Waals surface area contributed by atoms with Gasteiger partial charge in [0, 0.05) is 6.20 Å². The van der Waals surface area contributed by atoms with Crippen molar-refractivity contribution in [3.63, 3.8) is 0 Å². The van der Waals surface area contributed by atoms with Crippen molar-refractivity contribution in [2.24, 2.45) is 0 Å². The molecule has 6 heteroatoms. The molecule has 0 N–H and O–H groups in total. The molecule has 1 saturated heterocycles. The number of halogens is 1. The zero-order valence-corrected chi connectivity index (χ0v) is 10.6. The van der Waals surface area contributed by atoms with Crippen LogP contribution in [0.1, 0.15) is 26.0 Å². The highest BCUT2D eigenvalue weighted by atomic mass is 35.5. The number of hydrogen-bond acceptors (Lipinski definition) is 4. The van der Waals surface area contributed by atoms with E-state index in [9.17, 15) is 4.79 Å². The number of nitrogens with zero attached hydrogens (tertiary/aromatic N) is 3. The fourth-order valence-electron chi connectivity index (χ4n) is 2.30. The minimum absolute atomic E-state index is 0.0709. The summed E-state index contributed by atoms with van der Waals surface area (Å²) in [6.45, 7) is 1.56. The van der Waals surface area contributed by atoms with Gasteiger partial charge in [-0.2, -0.15) is 0 Å². The van der Waals surface area contributed by atoms with Crippen LogP contribution in [0.2, 0.25) is 5.15 Å². The van der Waals surface area contributed by atoms with E-state index in [4.69, 9.17) is 16.3 Å². The first-order chi connectivity index (χ1) is 8.66. The standard InChI is InChI=1S/C12H12ClN3O2/c1-7(17)9-2-3-10(18-9)16-5-4-8-11(13)14-6-15-12(8)16/h4-6,9-10H,2-3H2,1H3/t9-,10+/m0/s1. The van der Waals surface area contributed by atoms with Gasteiger partial charge < -0.3 is 9.30 Å². The van der Waals surface area contributed by atoms with Crippen molar-refractivity contribution >= 4 is 28.4 Å². The van der Waals surface area contributed by atoms with Crippen LogP contribution in [0.25, 0.3) is 11.0 Å². The van der Waals surface area contributed by atoms with Crippen LogP contribution in [0.15, 0.2) is 18.6 Å². The fourth-order valence-corrected chi connectivity index (χ4v) is 2.49. The first kappa shape index (κ1) is 11.6. The van der Waals surface area contributed by atoms with Gasteiger partial charge in [0.1, 0.15) is 29.5 Å². The molecule has 3 heterocycles. The maximum atomic E-state index is 11.3. The number of Topliss-reactive ketones (excluding diaryl/α,β-unsaturated/α-hetero) is 1. The Labute approximate surface area is 109 Å². The Morgan fingerprint density at radius 3 is 3.06 bits per heavy atom. The summed E-state index contributed by atoms with van der Waals surface area (Å²) < 4.78 is 7.63. The van der Waals surface area contributed by atoms with E-state index in [0.29, 0.717) is 5.15 Å². The average Bonchev–Trinajstić information content (AvgIpc) is 2.94. The monoisotopic (exact) mass is 265 g/mol. The molecule has 0 radical (unpaired) electrons. The minimum atomic E-state index is -0.301. The minimum Gasteiger partial charge on any atom is -0.347 e. The highest BCUT2D eigenvalue weighted by molar-refractivity contribution is 6.33. The number of carbonyl (C=O) groups excluding carboxylic acids is 1. The third kappa shape index (κ3) is 1.79. The maximum absolute atomic E-state index is 11.3. The number of carbonyl (C=O) groups is 1. The van der Waals surface area contributed by atoms with E-state index >= 15 is 0 Å². The molecule has 2 aromatic rings. The Bertz CT molecular complexity index is 610. The largest absolute Gasteiger partial charge is 0.347 e. The summed E-state index contributed by atoms with van der Waals surface area (Å²) in [6.07, 6.45) is 4.40. The van der Waals surface area contributed by atoms with Crippen LogP contribution in [0.4, 0.5) is 0 Å². The zero-order valence-electron chi connectivity index (χ0n) is 9.84. The highest BCUT2D eigenvalue weighted by Crippen LogP contribution is 2.32. The van der Waals surface area contributed by atoms with Gasteiger partial charge in [-0.15, -0.1) is 0 Å². The lowest BCUT2D eigenvalue weighted by Gasteiger charge is -2.14. The van der Waals surface area contributed by atoms with Crippen molar-refractivity contribution in [3.05, 3.63) is 23.7 Å². The van der Waals surface area contributed by atoms with E-state index < -0.39 is 0 Å². The van der Waals surface area contributed by atoms with Crippen LogP contribution in [-0.2, 0) is 9.53 Å². The molecule has 18 heavy (non-hydrogen) atoms. The molecule has 1 aliphatic rings. The van der Waals surface area contributed by atoms with Gasteiger partial charge >= 0.3 is 0 Å². The molecule has 0 aromatic carbocycles. The molecule has 2 aromatic heterocycles. The summed E-state index contributed by atoms with van der Waals surface area (Å²) in [5.74, 6) is 0.0709. The first-order valence-corrected chi connectivity index (χ1v) is 6.17. The molecular formula is C12H12ClN3O2. The molecule has 5 nitrogen and oxygen atoms in total. The van der Waals surface area contributed by atoms with E-state index in [2.05, 4.69) is 9.97 Å². The molecule has 94 valence electrons. The second-order valence-corrected chi connectivity index (χ2v) is 4.75. The smallest absolute Gasteiger partial charge is 0.158 e. The predicted octanol–water partition coefficient (Wildman–Crippen LogP) is 2.35. The summed E-state index contributed by atoms with van der Waals surface area (Å²) >= 11 is 6.00. The fraction of sp³-hybridized carbons (Fsp3) is 0.417. The van der Waals surface area contributed by atoms with E-state index in [0.717, 1.165) is 23.9 Å². The second-order valence-electron chi connectivity index (χ2n) is 4.39. The molecule has 0 saturated carbocycles. The van der Waals surface area contributed by atoms with Gasteiger partial charge in [0.25, 0.3) is 0 Å². The Hall–Kier alpha value is -1.46. The first-order valence-electron chi connectivity index (χ1n) is 5.80. The molecule has 1 fully saturated rings. The maximum Gasteiger partial charge on any atom is 0.158 e. The van der Waals surface area contributed by atoms with Gasteiger partial charge in [-0.3, -0.25) is 4.79 Å². The average molecular weight is 266 g/mol. The molecule has 1 aliphatic heterocycles. The van der Waals surface area contributed by atoms with Crippen LogP contribution in [-0.4, -0.2) is 26.4 Å². The number of aromatic nitrogens is 3. The third-order valence-corrected chi connectivity index (χ3v) is 3.52. The molecule has 0 bridgehead atoms. The Morgan fingerprint density at radius 2 is 2.33 bits per heavy atom. The van der Waals surface area contributed by atoms with Crippen molar-refractivity contribution in [1.29, 1.82) is 0 Å². The van der Waals surface area contributed by atoms with Gasteiger partial charge in [0.05, 0.1) is 5.39 Å². The molecule has 0 amide bonds. The summed E-state index contributed by atoms with van der Waals surface area (Å²) in [7, 11) is 0. The normalized spacial score (nSPS) is 23.7. The van der Waals surface area contributed by atoms with Gasteiger partial charge in [0.2, 0.25) is 0 Å². The predicted molar refractivity (Wildman–Crippen MR) is 66.4 cm³/mol. The molecule has 0 spiro atoms. The molecule has 0 unspecified atom stereocenters. The summed E-state index contributed by atoms with van der Waals surface area (Å²) in [6, 6.07) is 1.86. The van der Waals surface area contributed by atoms with E-state index in [1.165, 1.54) is 6.33 Å². The Balaban J connectivity index is 1.96. The van der Waals surface area contributed by atoms with E-state index in [-0.39, 0.29) is 18.1 Å². The number of fused-ring (bicyclic) bond motifs is 1. The van der Waals surface area contributed by atoms with Crippen molar-refractivity contribution in [1.82, 2.24) is 14.5 Å². The van der Waals surface area contributed by atoms with Gasteiger partial charge in [-0.25, -0.2) is 9.97 Å². The summed E-state index contributed by atoms with van der Waals surface area (Å²) in [4.78, 5) is 19.5. The van der Waals surface area contributed by atoms with Crippen LogP contribution >= 0.6 is 11.6 Å². The van der Waals surface area contributed by atoms with E-state index in [1.54, 1.807) is 6.92 Å². The molecular weight excluding hydrogens is 254 g/mol. The van der Waals surface area contributed by atoms with Crippen molar-refractivity contribution in [2.45, 2.75) is 32.1 Å². The van der Waals surface area contributed by atoms with Crippen LogP contribution in [0, 0.1) is 0 Å². The topological polar surface area (TPSA) is 57.0 Å². The third-order valence-electron chi connectivity index (χ3n) is 3.22. The lowest BCUT2D eigenvalue weighted by molar-refractivity contribution is -0.129. The van der Waals surface area contributed by atoms with Crippen LogP contribution in [0.3, 0.4) is 0 Å². The van der Waals surface area contributed by atoms with Gasteiger partial charge in [-0.1, -0.05) is 11.6 Å². The van der Waals surface area contributed by atoms with Crippen LogP contribution < -0.4 is 0 Å². The van der Waals surface area contributed by atoms with Gasteiger partial charge in [-0.05, 0) is 25.8 Å². The van der Waals surface area contributed by atoms with Crippen molar-refractivity contribution < 1.29 is 9.53 Å². The molecule has 3 rings (SSSR count). The van der Waals surface area contributed by atoms with Crippen molar-refractivity contribution in [3.8, 4) is 0 Å². The summed E-state index contributed by atoms with van der Waals surface area (Å²) in [5, 5.41) is 1.23. The number of ketones is 1. The lowest BCUT2D eigenvalue weighted by Crippen LogP contribution is -2.17. The number of hydrogen-bond donors (Lipinski definition) is 0. The molecule has 2 atom stereocenters. The SMILES string of the molecule is CC(=O)[C@@H]1CC[C@H](n2ccc3c(Cl)ncnc32)O1. The highest BCUT2D eigenvalue weighted by Gasteiger charge is 2.30.